The summed E-state index contributed by atoms with van der Waals surface area (Å²) in [6.45, 7) is 4.20. The predicted octanol–water partition coefficient (Wildman–Crippen LogP) is 3.21. The Labute approximate surface area is 170 Å². The summed E-state index contributed by atoms with van der Waals surface area (Å²) in [4.78, 5) is 23.5. The Hall–Kier alpha value is -2.96. The first-order valence-electron chi connectivity index (χ1n) is 10.0. The van der Waals surface area contributed by atoms with E-state index in [1.165, 1.54) is 12.1 Å². The van der Waals surface area contributed by atoms with E-state index in [4.69, 9.17) is 0 Å². The largest absolute Gasteiger partial charge is 0.340 e. The second kappa shape index (κ2) is 8.19. The first-order valence-corrected chi connectivity index (χ1v) is 10.0. The number of amides is 1. The Morgan fingerprint density at radius 2 is 2.03 bits per heavy atom. The molecule has 152 valence electrons. The van der Waals surface area contributed by atoms with Gasteiger partial charge in [-0.25, -0.2) is 14.4 Å². The lowest BCUT2D eigenvalue weighted by Crippen LogP contribution is -2.41. The molecule has 1 aliphatic rings. The SMILES string of the molecule is Cc1cnc(CC2CCCN(C(=O)c3cn(C)cn3)C2)n1Cc1ccc(F)cc1. The molecular formula is C22H26FN5O. The highest BCUT2D eigenvalue weighted by Crippen LogP contribution is 2.23. The number of aryl methyl sites for hydroxylation is 2. The van der Waals surface area contributed by atoms with Crippen LogP contribution in [0.25, 0.3) is 0 Å². The van der Waals surface area contributed by atoms with Crippen molar-refractivity contribution >= 4 is 5.91 Å². The monoisotopic (exact) mass is 395 g/mol. The van der Waals surface area contributed by atoms with Crippen molar-refractivity contribution in [3.05, 3.63) is 71.6 Å². The Morgan fingerprint density at radius 1 is 1.24 bits per heavy atom. The molecule has 3 aromatic rings. The van der Waals surface area contributed by atoms with E-state index in [1.54, 1.807) is 17.1 Å². The number of hydrogen-bond donors (Lipinski definition) is 0. The Kier molecular flexibility index (Phi) is 5.47. The minimum absolute atomic E-state index is 0.00105. The molecule has 29 heavy (non-hydrogen) atoms. The van der Waals surface area contributed by atoms with E-state index in [0.717, 1.165) is 49.4 Å². The van der Waals surface area contributed by atoms with Crippen LogP contribution in [0.3, 0.4) is 0 Å². The lowest BCUT2D eigenvalue weighted by molar-refractivity contribution is 0.0666. The zero-order valence-corrected chi connectivity index (χ0v) is 16.9. The third kappa shape index (κ3) is 4.39. The zero-order valence-electron chi connectivity index (χ0n) is 16.9. The minimum Gasteiger partial charge on any atom is -0.340 e. The number of rotatable bonds is 5. The molecule has 3 heterocycles. The van der Waals surface area contributed by atoms with Gasteiger partial charge in [0.15, 0.2) is 0 Å². The first kappa shape index (κ1) is 19.4. The second-order valence-electron chi connectivity index (χ2n) is 7.92. The van der Waals surface area contributed by atoms with Crippen LogP contribution in [0, 0.1) is 18.7 Å². The van der Waals surface area contributed by atoms with Gasteiger partial charge in [0.25, 0.3) is 5.91 Å². The van der Waals surface area contributed by atoms with Gasteiger partial charge in [-0.05, 0) is 43.4 Å². The molecule has 1 saturated heterocycles. The molecule has 1 aliphatic heterocycles. The summed E-state index contributed by atoms with van der Waals surface area (Å²) in [5.41, 5.74) is 2.63. The van der Waals surface area contributed by atoms with Gasteiger partial charge in [0.1, 0.15) is 17.3 Å². The molecule has 4 rings (SSSR count). The number of benzene rings is 1. The second-order valence-corrected chi connectivity index (χ2v) is 7.92. The molecule has 1 aromatic carbocycles. The van der Waals surface area contributed by atoms with Crippen molar-refractivity contribution in [1.29, 1.82) is 0 Å². The maximum Gasteiger partial charge on any atom is 0.274 e. The molecule has 0 bridgehead atoms. The lowest BCUT2D eigenvalue weighted by Gasteiger charge is -2.32. The quantitative estimate of drug-likeness (QED) is 0.667. The fourth-order valence-electron chi connectivity index (χ4n) is 4.02. The highest BCUT2D eigenvalue weighted by Gasteiger charge is 2.27. The van der Waals surface area contributed by atoms with E-state index < -0.39 is 0 Å². The third-order valence-electron chi connectivity index (χ3n) is 5.59. The number of nitrogens with zero attached hydrogens (tertiary/aromatic N) is 5. The summed E-state index contributed by atoms with van der Waals surface area (Å²) in [6.07, 6.45) is 8.20. The van der Waals surface area contributed by atoms with Gasteiger partial charge in [0.05, 0.1) is 6.33 Å². The standard InChI is InChI=1S/C22H26FN5O/c1-16-11-24-21(28(16)13-17-5-7-19(23)8-6-17)10-18-4-3-9-27(12-18)22(29)20-14-26(2)15-25-20/h5-8,11,14-15,18H,3-4,9-10,12-13H2,1-2H3. The van der Waals surface area contributed by atoms with E-state index >= 15 is 0 Å². The molecule has 1 atom stereocenters. The van der Waals surface area contributed by atoms with Crippen LogP contribution in [0.2, 0.25) is 0 Å². The van der Waals surface area contributed by atoms with Crippen LogP contribution >= 0.6 is 0 Å². The van der Waals surface area contributed by atoms with Gasteiger partial charge < -0.3 is 14.0 Å². The van der Waals surface area contributed by atoms with Gasteiger partial charge in [-0.3, -0.25) is 4.79 Å². The number of aromatic nitrogens is 4. The maximum absolute atomic E-state index is 13.2. The van der Waals surface area contributed by atoms with Gasteiger partial charge in [0, 0.05) is 51.2 Å². The molecule has 0 N–H and O–H groups in total. The molecule has 1 unspecified atom stereocenters. The van der Waals surface area contributed by atoms with Crippen molar-refractivity contribution in [2.45, 2.75) is 32.7 Å². The Balaban J connectivity index is 1.45. The van der Waals surface area contributed by atoms with Crippen LogP contribution < -0.4 is 0 Å². The summed E-state index contributed by atoms with van der Waals surface area (Å²) >= 11 is 0. The number of carbonyl (C=O) groups excluding carboxylic acids is 1. The normalized spacial score (nSPS) is 16.9. The van der Waals surface area contributed by atoms with Crippen molar-refractivity contribution in [2.75, 3.05) is 13.1 Å². The van der Waals surface area contributed by atoms with E-state index in [-0.39, 0.29) is 11.7 Å². The summed E-state index contributed by atoms with van der Waals surface area (Å²) < 4.78 is 17.2. The molecular weight excluding hydrogens is 369 g/mol. The molecule has 1 amide bonds. The Morgan fingerprint density at radius 3 is 2.76 bits per heavy atom. The van der Waals surface area contributed by atoms with Gasteiger partial charge in [-0.1, -0.05) is 12.1 Å². The van der Waals surface area contributed by atoms with E-state index in [2.05, 4.69) is 14.5 Å². The Bertz CT molecular complexity index is 991. The van der Waals surface area contributed by atoms with Crippen LogP contribution in [0.1, 0.15) is 40.4 Å². The fraction of sp³-hybridized carbons (Fsp3) is 0.409. The minimum atomic E-state index is -0.226. The van der Waals surface area contributed by atoms with Crippen LogP contribution in [-0.4, -0.2) is 43.0 Å². The highest BCUT2D eigenvalue weighted by atomic mass is 19.1. The van der Waals surface area contributed by atoms with Crippen LogP contribution in [0.15, 0.2) is 43.0 Å². The summed E-state index contributed by atoms with van der Waals surface area (Å²) in [5.74, 6) is 1.16. The van der Waals surface area contributed by atoms with Crippen molar-refractivity contribution in [2.24, 2.45) is 13.0 Å². The van der Waals surface area contributed by atoms with E-state index in [9.17, 15) is 9.18 Å². The number of hydrogen-bond acceptors (Lipinski definition) is 3. The summed E-state index contributed by atoms with van der Waals surface area (Å²) in [6, 6.07) is 6.60. The van der Waals surface area contributed by atoms with Crippen LogP contribution in [-0.2, 0) is 20.0 Å². The number of piperidine rings is 1. The molecule has 6 nitrogen and oxygen atoms in total. The molecule has 0 spiro atoms. The average Bonchev–Trinajstić information content (AvgIpc) is 3.30. The summed E-state index contributed by atoms with van der Waals surface area (Å²) in [7, 11) is 1.87. The number of carbonyl (C=O) groups is 1. The van der Waals surface area contributed by atoms with E-state index in [0.29, 0.717) is 18.2 Å². The molecule has 0 aliphatic carbocycles. The molecule has 0 radical (unpaired) electrons. The van der Waals surface area contributed by atoms with Crippen LogP contribution in [0.4, 0.5) is 4.39 Å². The first-order chi connectivity index (χ1) is 14.0. The summed E-state index contributed by atoms with van der Waals surface area (Å²) in [5, 5.41) is 0. The van der Waals surface area contributed by atoms with Crippen molar-refractivity contribution in [3.8, 4) is 0 Å². The number of halogens is 1. The van der Waals surface area contributed by atoms with Gasteiger partial charge in [0.2, 0.25) is 0 Å². The molecule has 2 aromatic heterocycles. The number of imidazole rings is 2. The fourth-order valence-corrected chi connectivity index (χ4v) is 4.02. The zero-order chi connectivity index (χ0) is 20.4. The maximum atomic E-state index is 13.2. The van der Waals surface area contributed by atoms with Crippen molar-refractivity contribution in [1.82, 2.24) is 24.0 Å². The third-order valence-corrected chi connectivity index (χ3v) is 5.59. The van der Waals surface area contributed by atoms with Crippen molar-refractivity contribution < 1.29 is 9.18 Å². The van der Waals surface area contributed by atoms with Gasteiger partial charge >= 0.3 is 0 Å². The average molecular weight is 395 g/mol. The van der Waals surface area contributed by atoms with Crippen molar-refractivity contribution in [3.63, 3.8) is 0 Å². The van der Waals surface area contributed by atoms with Crippen LogP contribution in [0.5, 0.6) is 0 Å². The smallest absolute Gasteiger partial charge is 0.274 e. The van der Waals surface area contributed by atoms with Gasteiger partial charge in [-0.2, -0.15) is 0 Å². The number of likely N-dealkylation sites (tertiary alicyclic amines) is 1. The molecule has 0 saturated carbocycles. The topological polar surface area (TPSA) is 56.0 Å². The lowest BCUT2D eigenvalue weighted by atomic mass is 9.94. The van der Waals surface area contributed by atoms with Gasteiger partial charge in [-0.15, -0.1) is 0 Å². The molecule has 7 heteroatoms. The predicted molar refractivity (Wildman–Crippen MR) is 108 cm³/mol. The highest BCUT2D eigenvalue weighted by molar-refractivity contribution is 5.92. The van der Waals surface area contributed by atoms with E-state index in [1.807, 2.05) is 37.2 Å². The molecule has 1 fully saturated rings.